The van der Waals surface area contributed by atoms with Gasteiger partial charge in [-0.25, -0.2) is 0 Å². The fourth-order valence-electron chi connectivity index (χ4n) is 1.85. The summed E-state index contributed by atoms with van der Waals surface area (Å²) in [6.45, 7) is 4.31. The molecule has 0 bridgehead atoms. The zero-order chi connectivity index (χ0) is 10.6. The molecule has 3 heteroatoms. The van der Waals surface area contributed by atoms with Crippen LogP contribution in [0.25, 0.3) is 0 Å². The van der Waals surface area contributed by atoms with E-state index in [-0.39, 0.29) is 0 Å². The maximum atomic E-state index is 8.72. The van der Waals surface area contributed by atoms with E-state index >= 15 is 0 Å². The molecule has 1 aliphatic rings. The van der Waals surface area contributed by atoms with Gasteiger partial charge in [-0.1, -0.05) is 19.8 Å². The molecule has 0 aromatic carbocycles. The third kappa shape index (κ3) is 3.65. The number of hydrogen-bond acceptors (Lipinski definition) is 3. The van der Waals surface area contributed by atoms with Crippen molar-refractivity contribution in [1.82, 2.24) is 0 Å². The predicted molar refractivity (Wildman–Crippen MR) is 55.6 cm³/mol. The molecular formula is C11H20N2O. The van der Waals surface area contributed by atoms with Crippen LogP contribution in [0.1, 0.15) is 39.5 Å². The van der Waals surface area contributed by atoms with Gasteiger partial charge in [-0.2, -0.15) is 5.26 Å². The molecule has 0 amide bonds. The summed E-state index contributed by atoms with van der Waals surface area (Å²) >= 11 is 0. The molecule has 1 rings (SSSR count). The Kier molecular flexibility index (Phi) is 3.91. The van der Waals surface area contributed by atoms with Gasteiger partial charge in [0, 0.05) is 0 Å². The van der Waals surface area contributed by atoms with Crippen molar-refractivity contribution >= 4 is 0 Å². The first-order valence-corrected chi connectivity index (χ1v) is 5.35. The minimum Gasteiger partial charge on any atom is -0.375 e. The summed E-state index contributed by atoms with van der Waals surface area (Å²) in [5.41, 5.74) is 4.85. The van der Waals surface area contributed by atoms with Gasteiger partial charge in [0.2, 0.25) is 0 Å². The summed E-state index contributed by atoms with van der Waals surface area (Å²) in [6.07, 6.45) is 5.08. The van der Waals surface area contributed by atoms with Crippen molar-refractivity contribution in [3.63, 3.8) is 0 Å². The molecule has 1 aliphatic carbocycles. The standard InChI is InChI=1S/C11H20N2O/c1-9-4-3-5-10(6-9)14-8-11(2,13)7-12/h9-10H,3-6,8,13H2,1-2H3. The van der Waals surface area contributed by atoms with Crippen molar-refractivity contribution in [2.75, 3.05) is 6.61 Å². The molecule has 1 saturated carbocycles. The molecule has 80 valence electrons. The van der Waals surface area contributed by atoms with Crippen LogP contribution in [0.3, 0.4) is 0 Å². The normalized spacial score (nSPS) is 31.9. The molecule has 0 aromatic heterocycles. The lowest BCUT2D eigenvalue weighted by Crippen LogP contribution is -2.41. The highest BCUT2D eigenvalue weighted by atomic mass is 16.5. The number of nitriles is 1. The molecule has 0 heterocycles. The fourth-order valence-corrected chi connectivity index (χ4v) is 1.85. The van der Waals surface area contributed by atoms with Crippen LogP contribution in [0.15, 0.2) is 0 Å². The number of nitrogens with two attached hydrogens (primary N) is 1. The third-order valence-corrected chi connectivity index (χ3v) is 2.76. The molecule has 0 saturated heterocycles. The summed E-state index contributed by atoms with van der Waals surface area (Å²) in [7, 11) is 0. The van der Waals surface area contributed by atoms with Crippen LogP contribution in [0, 0.1) is 17.2 Å². The molecule has 2 N–H and O–H groups in total. The summed E-state index contributed by atoms with van der Waals surface area (Å²) in [6, 6.07) is 2.04. The highest BCUT2D eigenvalue weighted by Gasteiger charge is 2.23. The molecule has 0 radical (unpaired) electrons. The van der Waals surface area contributed by atoms with E-state index in [9.17, 15) is 0 Å². The molecule has 14 heavy (non-hydrogen) atoms. The van der Waals surface area contributed by atoms with Crippen molar-refractivity contribution in [2.24, 2.45) is 11.7 Å². The summed E-state index contributed by atoms with van der Waals surface area (Å²) in [4.78, 5) is 0. The zero-order valence-corrected chi connectivity index (χ0v) is 9.12. The quantitative estimate of drug-likeness (QED) is 0.749. The Bertz CT molecular complexity index is 220. The molecule has 0 aliphatic heterocycles. The van der Waals surface area contributed by atoms with Crippen LogP contribution in [0.5, 0.6) is 0 Å². The number of nitrogens with zero attached hydrogens (tertiary/aromatic N) is 1. The van der Waals surface area contributed by atoms with E-state index < -0.39 is 5.54 Å². The minimum atomic E-state index is -0.833. The Morgan fingerprint density at radius 2 is 2.29 bits per heavy atom. The smallest absolute Gasteiger partial charge is 0.125 e. The highest BCUT2D eigenvalue weighted by molar-refractivity contribution is 5.01. The summed E-state index contributed by atoms with van der Waals surface area (Å²) < 4.78 is 5.66. The van der Waals surface area contributed by atoms with Crippen LogP contribution in [0.2, 0.25) is 0 Å². The van der Waals surface area contributed by atoms with Gasteiger partial charge in [0.25, 0.3) is 0 Å². The van der Waals surface area contributed by atoms with Gasteiger partial charge in [-0.3, -0.25) is 0 Å². The Morgan fingerprint density at radius 1 is 1.57 bits per heavy atom. The summed E-state index contributed by atoms with van der Waals surface area (Å²) in [5.74, 6) is 0.750. The average Bonchev–Trinajstić information content (AvgIpc) is 2.15. The molecule has 0 spiro atoms. The lowest BCUT2D eigenvalue weighted by atomic mass is 9.88. The van der Waals surface area contributed by atoms with Crippen molar-refractivity contribution in [1.29, 1.82) is 5.26 Å². The van der Waals surface area contributed by atoms with E-state index in [1.165, 1.54) is 12.8 Å². The van der Waals surface area contributed by atoms with E-state index in [1.807, 2.05) is 6.07 Å². The molecule has 3 unspecified atom stereocenters. The van der Waals surface area contributed by atoms with Crippen LogP contribution in [-0.2, 0) is 4.74 Å². The van der Waals surface area contributed by atoms with Crippen molar-refractivity contribution in [3.05, 3.63) is 0 Å². The molecular weight excluding hydrogens is 176 g/mol. The SMILES string of the molecule is CC1CCCC(OCC(C)(N)C#N)C1. The molecule has 1 fully saturated rings. The number of hydrogen-bond donors (Lipinski definition) is 1. The van der Waals surface area contributed by atoms with Crippen molar-refractivity contribution in [2.45, 2.75) is 51.2 Å². The predicted octanol–water partition coefficient (Wildman–Crippen LogP) is 1.82. The lowest BCUT2D eigenvalue weighted by molar-refractivity contribution is 0.00161. The Hall–Kier alpha value is -0.590. The monoisotopic (exact) mass is 196 g/mol. The maximum Gasteiger partial charge on any atom is 0.125 e. The van der Waals surface area contributed by atoms with Crippen LogP contribution >= 0.6 is 0 Å². The largest absolute Gasteiger partial charge is 0.375 e. The van der Waals surface area contributed by atoms with E-state index in [4.69, 9.17) is 15.7 Å². The zero-order valence-electron chi connectivity index (χ0n) is 9.12. The first-order chi connectivity index (χ1) is 6.53. The second kappa shape index (κ2) is 4.77. The van der Waals surface area contributed by atoms with E-state index in [0.717, 1.165) is 18.8 Å². The second-order valence-electron chi connectivity index (χ2n) is 4.73. The molecule has 0 aromatic rings. The van der Waals surface area contributed by atoms with E-state index in [2.05, 4.69) is 6.92 Å². The fraction of sp³-hybridized carbons (Fsp3) is 0.909. The van der Waals surface area contributed by atoms with Gasteiger partial charge in [-0.05, 0) is 25.7 Å². The topological polar surface area (TPSA) is 59.0 Å². The maximum absolute atomic E-state index is 8.72. The minimum absolute atomic E-state index is 0.315. The van der Waals surface area contributed by atoms with Gasteiger partial charge in [0.15, 0.2) is 0 Å². The first-order valence-electron chi connectivity index (χ1n) is 5.35. The average molecular weight is 196 g/mol. The Morgan fingerprint density at radius 3 is 2.86 bits per heavy atom. The Balaban J connectivity index is 2.28. The van der Waals surface area contributed by atoms with E-state index in [0.29, 0.717) is 12.7 Å². The van der Waals surface area contributed by atoms with Crippen molar-refractivity contribution < 1.29 is 4.74 Å². The van der Waals surface area contributed by atoms with E-state index in [1.54, 1.807) is 6.92 Å². The highest BCUT2D eigenvalue weighted by Crippen LogP contribution is 2.26. The summed E-state index contributed by atoms with van der Waals surface area (Å²) in [5, 5.41) is 8.72. The first kappa shape index (κ1) is 11.5. The molecule has 3 nitrogen and oxygen atoms in total. The third-order valence-electron chi connectivity index (χ3n) is 2.76. The van der Waals surface area contributed by atoms with Crippen LogP contribution in [0.4, 0.5) is 0 Å². The molecule has 3 atom stereocenters. The lowest BCUT2D eigenvalue weighted by Gasteiger charge is -2.28. The number of ether oxygens (including phenoxy) is 1. The van der Waals surface area contributed by atoms with Gasteiger partial charge in [-0.15, -0.1) is 0 Å². The van der Waals surface area contributed by atoms with Crippen molar-refractivity contribution in [3.8, 4) is 6.07 Å². The van der Waals surface area contributed by atoms with Gasteiger partial charge < -0.3 is 10.5 Å². The van der Waals surface area contributed by atoms with Crippen LogP contribution in [-0.4, -0.2) is 18.2 Å². The van der Waals surface area contributed by atoms with Gasteiger partial charge in [0.1, 0.15) is 5.54 Å². The number of rotatable bonds is 3. The second-order valence-corrected chi connectivity index (χ2v) is 4.73. The Labute approximate surface area is 86.2 Å². The van der Waals surface area contributed by atoms with Gasteiger partial charge in [0.05, 0.1) is 18.8 Å². The van der Waals surface area contributed by atoms with Gasteiger partial charge >= 0.3 is 0 Å². The van der Waals surface area contributed by atoms with Crippen LogP contribution < -0.4 is 5.73 Å².